The topological polar surface area (TPSA) is 131 Å². The Morgan fingerprint density at radius 2 is 1.89 bits per heavy atom. The Kier molecular flexibility index (Phi) is 7.72. The summed E-state index contributed by atoms with van der Waals surface area (Å²) < 4.78 is 35.8. The van der Waals surface area contributed by atoms with Gasteiger partial charge in [-0.15, -0.1) is 10.2 Å². The quantitative estimate of drug-likeness (QED) is 0.284. The molecule has 0 saturated carbocycles. The van der Waals surface area contributed by atoms with Gasteiger partial charge in [-0.2, -0.15) is 0 Å². The maximum Gasteiger partial charge on any atom is 0.257 e. The van der Waals surface area contributed by atoms with E-state index in [0.717, 1.165) is 22.1 Å². The molecule has 1 aromatic heterocycles. The summed E-state index contributed by atoms with van der Waals surface area (Å²) in [4.78, 5) is 13.0. The van der Waals surface area contributed by atoms with E-state index in [9.17, 15) is 18.3 Å². The van der Waals surface area contributed by atoms with Crippen LogP contribution in [-0.2, 0) is 16.4 Å². The lowest BCUT2D eigenvalue weighted by molar-refractivity contribution is -0.0603. The molecule has 0 bridgehead atoms. The first-order valence-corrected chi connectivity index (χ1v) is 14.7. The molecule has 0 aliphatic carbocycles. The Bertz CT molecular complexity index is 1360. The largest absolute Gasteiger partial charge is 0.485 e. The van der Waals surface area contributed by atoms with Crippen molar-refractivity contribution in [3.8, 4) is 5.75 Å². The van der Waals surface area contributed by atoms with Gasteiger partial charge >= 0.3 is 0 Å². The van der Waals surface area contributed by atoms with Crippen LogP contribution >= 0.6 is 23.1 Å². The molecule has 2 aromatic carbocycles. The highest BCUT2D eigenvalue weighted by atomic mass is 32.2. The van der Waals surface area contributed by atoms with Crippen LogP contribution in [0.15, 0.2) is 51.7 Å². The van der Waals surface area contributed by atoms with E-state index in [4.69, 9.17) is 4.74 Å². The summed E-state index contributed by atoms with van der Waals surface area (Å²) in [6.07, 6.45) is -0.431. The van der Waals surface area contributed by atoms with Gasteiger partial charge in [0.15, 0.2) is 4.34 Å². The number of nitrogens with one attached hydrogen (secondary N) is 2. The van der Waals surface area contributed by atoms with Crippen LogP contribution in [0.1, 0.15) is 55.2 Å². The van der Waals surface area contributed by atoms with Crippen LogP contribution in [0.2, 0.25) is 0 Å². The number of anilines is 1. The molecule has 192 valence electrons. The highest BCUT2D eigenvalue weighted by molar-refractivity contribution is 8.01. The molecule has 36 heavy (non-hydrogen) atoms. The van der Waals surface area contributed by atoms with E-state index in [1.165, 1.54) is 41.3 Å². The molecule has 1 amide bonds. The molecule has 1 aliphatic heterocycles. The van der Waals surface area contributed by atoms with Gasteiger partial charge in [0.05, 0.1) is 10.9 Å². The molecular weight excluding hydrogens is 520 g/mol. The van der Waals surface area contributed by atoms with Crippen molar-refractivity contribution < 1.29 is 23.1 Å². The van der Waals surface area contributed by atoms with Crippen LogP contribution in [0.3, 0.4) is 0 Å². The summed E-state index contributed by atoms with van der Waals surface area (Å²) in [5.74, 6) is 0.790. The van der Waals surface area contributed by atoms with E-state index in [1.54, 1.807) is 38.1 Å². The number of thioether (sulfide) groups is 1. The molecule has 3 aromatic rings. The third-order valence-corrected chi connectivity index (χ3v) is 9.14. The molecule has 0 spiro atoms. The number of hydrogen-bond donors (Lipinski definition) is 3. The maximum atomic E-state index is 13.2. The Labute approximate surface area is 218 Å². The second kappa shape index (κ2) is 10.5. The lowest BCUT2D eigenvalue weighted by Crippen LogP contribution is -2.53. The number of amides is 1. The number of carbonyl (C=O) groups is 1. The number of fused-ring (bicyclic) bond motifs is 1. The molecule has 0 unspecified atom stereocenters. The number of nitrogens with zero attached hydrogens (tertiary/aromatic N) is 2. The molecule has 2 atom stereocenters. The number of ether oxygens (including phenoxy) is 1. The van der Waals surface area contributed by atoms with Crippen molar-refractivity contribution >= 4 is 44.2 Å². The van der Waals surface area contributed by atoms with Crippen molar-refractivity contribution in [2.45, 2.75) is 61.1 Å². The van der Waals surface area contributed by atoms with Crippen molar-refractivity contribution in [3.63, 3.8) is 0 Å². The molecule has 0 saturated heterocycles. The van der Waals surface area contributed by atoms with Gasteiger partial charge in [0.25, 0.3) is 5.91 Å². The first-order valence-electron chi connectivity index (χ1n) is 11.4. The zero-order valence-electron chi connectivity index (χ0n) is 20.3. The normalized spacial score (nSPS) is 18.8. The first kappa shape index (κ1) is 26.6. The summed E-state index contributed by atoms with van der Waals surface area (Å²) in [5, 5.41) is 22.2. The van der Waals surface area contributed by atoms with Gasteiger partial charge in [-0.05, 0) is 61.9 Å². The summed E-state index contributed by atoms with van der Waals surface area (Å²) in [6, 6.07) is 10.3. The van der Waals surface area contributed by atoms with Gasteiger partial charge in [-0.3, -0.25) is 10.1 Å². The third-order valence-electron chi connectivity index (χ3n) is 5.83. The standard InChI is InChI=1S/C24H28N4O5S3/c1-5-14-7-10-16(11-8-14)36(31,32)28-19-17-13-15(9-12-18(17)33-24(3,4)20(19)29)21(30)25-22-26-27-23(35-22)34-6-2/h7-13,19-20,28-29H,5-6H2,1-4H3,(H,25,26,30)/t19-,20+/m1/s1. The molecule has 9 nitrogen and oxygen atoms in total. The van der Waals surface area contributed by atoms with Crippen molar-refractivity contribution in [1.29, 1.82) is 0 Å². The van der Waals surface area contributed by atoms with Gasteiger partial charge in [-0.1, -0.05) is 49.1 Å². The fourth-order valence-corrected chi connectivity index (χ4v) is 6.68. The second-order valence-electron chi connectivity index (χ2n) is 8.76. The van der Waals surface area contributed by atoms with E-state index >= 15 is 0 Å². The third kappa shape index (κ3) is 5.57. The number of benzene rings is 2. The van der Waals surface area contributed by atoms with Gasteiger partial charge < -0.3 is 9.84 Å². The number of aliphatic hydroxyl groups is 1. The molecule has 0 fully saturated rings. The number of carbonyl (C=O) groups excluding carboxylic acids is 1. The predicted octanol–water partition coefficient (Wildman–Crippen LogP) is 4.02. The summed E-state index contributed by atoms with van der Waals surface area (Å²) in [6.45, 7) is 7.35. The number of rotatable bonds is 8. The van der Waals surface area contributed by atoms with Crippen molar-refractivity contribution in [1.82, 2.24) is 14.9 Å². The molecule has 4 rings (SSSR count). The highest BCUT2D eigenvalue weighted by Gasteiger charge is 2.44. The lowest BCUT2D eigenvalue weighted by Gasteiger charge is -2.42. The molecule has 2 heterocycles. The van der Waals surface area contributed by atoms with E-state index < -0.39 is 33.7 Å². The van der Waals surface area contributed by atoms with E-state index in [2.05, 4.69) is 20.2 Å². The smallest absolute Gasteiger partial charge is 0.257 e. The molecule has 1 aliphatic rings. The van der Waals surface area contributed by atoms with Crippen molar-refractivity contribution in [2.24, 2.45) is 0 Å². The molecule has 0 radical (unpaired) electrons. The second-order valence-corrected chi connectivity index (χ2v) is 13.0. The number of aryl methyl sites for hydroxylation is 1. The Hall–Kier alpha value is -2.51. The number of aromatic nitrogens is 2. The number of sulfonamides is 1. The average molecular weight is 549 g/mol. The monoisotopic (exact) mass is 548 g/mol. The van der Waals surface area contributed by atoms with Crippen LogP contribution in [0.5, 0.6) is 5.75 Å². The van der Waals surface area contributed by atoms with Gasteiger partial charge in [-0.25, -0.2) is 13.1 Å². The minimum atomic E-state index is -3.98. The van der Waals surface area contributed by atoms with Crippen molar-refractivity contribution in [3.05, 3.63) is 59.2 Å². The zero-order chi connectivity index (χ0) is 26.1. The van der Waals surface area contributed by atoms with E-state index in [-0.39, 0.29) is 10.5 Å². The predicted molar refractivity (Wildman–Crippen MR) is 140 cm³/mol. The zero-order valence-corrected chi connectivity index (χ0v) is 22.8. The van der Waals surface area contributed by atoms with E-state index in [0.29, 0.717) is 16.4 Å². The first-order chi connectivity index (χ1) is 17.0. The average Bonchev–Trinajstić information content (AvgIpc) is 3.28. The fraction of sp³-hybridized carbons (Fsp3) is 0.375. The Morgan fingerprint density at radius 1 is 1.17 bits per heavy atom. The molecule has 3 N–H and O–H groups in total. The van der Waals surface area contributed by atoms with Crippen molar-refractivity contribution in [2.75, 3.05) is 11.1 Å². The van der Waals surface area contributed by atoms with Gasteiger partial charge in [0.1, 0.15) is 17.5 Å². The van der Waals surface area contributed by atoms with Crippen LogP contribution in [-0.4, -0.2) is 47.1 Å². The number of aliphatic hydroxyl groups excluding tert-OH is 1. The highest BCUT2D eigenvalue weighted by Crippen LogP contribution is 2.41. The lowest BCUT2D eigenvalue weighted by atomic mass is 9.86. The molecule has 12 heteroatoms. The van der Waals surface area contributed by atoms with Gasteiger partial charge in [0, 0.05) is 11.1 Å². The van der Waals surface area contributed by atoms with Crippen LogP contribution in [0, 0.1) is 0 Å². The SMILES string of the molecule is CCSc1nnc(NC(=O)c2ccc3c(c2)[C@@H](NS(=O)(=O)c2ccc(CC)cc2)[C@H](O)C(C)(C)O3)s1. The minimum Gasteiger partial charge on any atom is -0.485 e. The van der Waals surface area contributed by atoms with Gasteiger partial charge in [0.2, 0.25) is 15.2 Å². The Balaban J connectivity index is 1.64. The fourth-order valence-electron chi connectivity index (χ4n) is 3.82. The van der Waals surface area contributed by atoms with Crippen LogP contribution in [0.25, 0.3) is 0 Å². The Morgan fingerprint density at radius 3 is 2.56 bits per heavy atom. The summed E-state index contributed by atoms with van der Waals surface area (Å²) in [5.41, 5.74) is 0.567. The minimum absolute atomic E-state index is 0.0867. The molecular formula is C24H28N4O5S3. The van der Waals surface area contributed by atoms with E-state index in [1.807, 2.05) is 13.8 Å². The maximum absolute atomic E-state index is 13.2. The van der Waals surface area contributed by atoms with Crippen LogP contribution in [0.4, 0.5) is 5.13 Å². The van der Waals surface area contributed by atoms with Crippen LogP contribution < -0.4 is 14.8 Å². The summed E-state index contributed by atoms with van der Waals surface area (Å²) in [7, 11) is -3.98. The number of hydrogen-bond acceptors (Lipinski definition) is 9. The summed E-state index contributed by atoms with van der Waals surface area (Å²) >= 11 is 2.80.